The number of halogens is 3. The Labute approximate surface area is 197 Å². The van der Waals surface area contributed by atoms with Crippen LogP contribution in [0.5, 0.6) is 0 Å². The number of esters is 1. The molecule has 0 bridgehead atoms. The second-order valence-corrected chi connectivity index (χ2v) is 10.0. The van der Waals surface area contributed by atoms with E-state index in [0.717, 1.165) is 24.6 Å². The SMILES string of the molecule is COC(=O)[C@@H]1C[C@H](NC(C)(C)C)CC[C@@H]1N1CCC(NC(=O)c2cccc(C(F)(F)F)c2)C1=O. The lowest BCUT2D eigenvalue weighted by Crippen LogP contribution is -2.55. The van der Waals surface area contributed by atoms with Crippen molar-refractivity contribution in [3.8, 4) is 0 Å². The third-order valence-corrected chi connectivity index (χ3v) is 6.35. The molecule has 0 radical (unpaired) electrons. The molecule has 1 aromatic rings. The van der Waals surface area contributed by atoms with Gasteiger partial charge in [-0.25, -0.2) is 0 Å². The van der Waals surface area contributed by atoms with Gasteiger partial charge in [0.2, 0.25) is 5.91 Å². The molecule has 34 heavy (non-hydrogen) atoms. The summed E-state index contributed by atoms with van der Waals surface area (Å²) in [7, 11) is 1.32. The fraction of sp³-hybridized carbons (Fsp3) is 0.625. The van der Waals surface area contributed by atoms with Crippen LogP contribution in [-0.4, -0.2) is 60.0 Å². The summed E-state index contributed by atoms with van der Waals surface area (Å²) < 4.78 is 43.9. The number of nitrogens with zero attached hydrogens (tertiary/aromatic N) is 1. The molecular weight excluding hydrogens is 451 g/mol. The molecule has 4 atom stereocenters. The van der Waals surface area contributed by atoms with Crippen molar-refractivity contribution in [2.45, 2.75) is 76.3 Å². The van der Waals surface area contributed by atoms with Crippen molar-refractivity contribution >= 4 is 17.8 Å². The molecule has 1 aromatic carbocycles. The molecule has 1 saturated heterocycles. The van der Waals surface area contributed by atoms with E-state index in [1.54, 1.807) is 4.90 Å². The van der Waals surface area contributed by atoms with E-state index in [2.05, 4.69) is 10.6 Å². The average molecular weight is 484 g/mol. The Kier molecular flexibility index (Phi) is 7.59. The summed E-state index contributed by atoms with van der Waals surface area (Å²) >= 11 is 0. The second kappa shape index (κ2) is 9.93. The molecule has 2 N–H and O–H groups in total. The van der Waals surface area contributed by atoms with Crippen LogP contribution in [0.4, 0.5) is 13.2 Å². The maximum absolute atomic E-state index is 13.1. The van der Waals surface area contributed by atoms with Gasteiger partial charge in [0.25, 0.3) is 5.91 Å². The highest BCUT2D eigenvalue weighted by molar-refractivity contribution is 5.98. The van der Waals surface area contributed by atoms with Crippen LogP contribution in [0.1, 0.15) is 62.4 Å². The van der Waals surface area contributed by atoms with Gasteiger partial charge in [-0.3, -0.25) is 14.4 Å². The Morgan fingerprint density at radius 1 is 1.12 bits per heavy atom. The van der Waals surface area contributed by atoms with Crippen LogP contribution in [0.3, 0.4) is 0 Å². The Hall–Kier alpha value is -2.62. The van der Waals surface area contributed by atoms with Crippen LogP contribution in [-0.2, 0) is 20.5 Å². The Morgan fingerprint density at radius 2 is 1.82 bits per heavy atom. The molecule has 0 spiro atoms. The number of rotatable bonds is 5. The second-order valence-electron chi connectivity index (χ2n) is 10.0. The average Bonchev–Trinajstić information content (AvgIpc) is 3.11. The monoisotopic (exact) mass is 483 g/mol. The number of alkyl halides is 3. The van der Waals surface area contributed by atoms with Gasteiger partial charge in [-0.05, 0) is 64.7 Å². The predicted molar refractivity (Wildman–Crippen MR) is 119 cm³/mol. The van der Waals surface area contributed by atoms with Crippen LogP contribution in [0, 0.1) is 5.92 Å². The Balaban J connectivity index is 1.69. The van der Waals surface area contributed by atoms with Gasteiger partial charge in [0.15, 0.2) is 0 Å². The van der Waals surface area contributed by atoms with Crippen LogP contribution in [0.2, 0.25) is 0 Å². The molecule has 1 heterocycles. The zero-order valence-electron chi connectivity index (χ0n) is 19.9. The van der Waals surface area contributed by atoms with Crippen LogP contribution < -0.4 is 10.6 Å². The molecule has 1 unspecified atom stereocenters. The summed E-state index contributed by atoms with van der Waals surface area (Å²) in [5, 5.41) is 6.07. The molecule has 0 aromatic heterocycles. The molecular formula is C24H32F3N3O4. The van der Waals surface area contributed by atoms with E-state index in [9.17, 15) is 27.6 Å². The summed E-state index contributed by atoms with van der Waals surface area (Å²) in [4.78, 5) is 39.9. The van der Waals surface area contributed by atoms with Crippen molar-refractivity contribution in [3.05, 3.63) is 35.4 Å². The molecule has 2 fully saturated rings. The molecule has 1 aliphatic carbocycles. The zero-order valence-corrected chi connectivity index (χ0v) is 19.9. The minimum absolute atomic E-state index is 0.106. The lowest BCUT2D eigenvalue weighted by Gasteiger charge is -2.41. The van der Waals surface area contributed by atoms with Crippen LogP contribution in [0.15, 0.2) is 24.3 Å². The Bertz CT molecular complexity index is 929. The highest BCUT2D eigenvalue weighted by Crippen LogP contribution is 2.33. The third-order valence-electron chi connectivity index (χ3n) is 6.35. The predicted octanol–water partition coefficient (Wildman–Crippen LogP) is 3.13. The number of carbonyl (C=O) groups is 3. The van der Waals surface area contributed by atoms with E-state index in [-0.39, 0.29) is 35.1 Å². The van der Waals surface area contributed by atoms with Crippen molar-refractivity contribution in [3.63, 3.8) is 0 Å². The minimum atomic E-state index is -4.57. The number of hydrogen-bond acceptors (Lipinski definition) is 5. The molecule has 1 aliphatic heterocycles. The maximum Gasteiger partial charge on any atom is 0.416 e. The van der Waals surface area contributed by atoms with E-state index in [0.29, 0.717) is 25.8 Å². The van der Waals surface area contributed by atoms with Crippen molar-refractivity contribution in [2.24, 2.45) is 5.92 Å². The smallest absolute Gasteiger partial charge is 0.416 e. The van der Waals surface area contributed by atoms with Gasteiger partial charge in [0, 0.05) is 29.7 Å². The standard InChI is InChI=1S/C24H32F3N3O4/c1-23(2,3)29-16-8-9-19(17(13-16)22(33)34-4)30-11-10-18(21(30)32)28-20(31)14-6-5-7-15(12-14)24(25,26)27/h5-7,12,16-19,29H,8-11,13H2,1-4H3,(H,28,31)/t16-,17-,18?,19+/m1/s1. The number of nitrogens with one attached hydrogen (secondary N) is 2. The summed E-state index contributed by atoms with van der Waals surface area (Å²) in [6.07, 6.45) is -2.34. The first-order chi connectivity index (χ1) is 15.8. The zero-order chi connectivity index (χ0) is 25.3. The first-order valence-electron chi connectivity index (χ1n) is 11.4. The topological polar surface area (TPSA) is 87.7 Å². The van der Waals surface area contributed by atoms with Gasteiger partial charge in [0.05, 0.1) is 18.6 Å². The quantitative estimate of drug-likeness (QED) is 0.629. The fourth-order valence-corrected chi connectivity index (χ4v) is 4.92. The van der Waals surface area contributed by atoms with Crippen molar-refractivity contribution in [2.75, 3.05) is 13.7 Å². The summed E-state index contributed by atoms with van der Waals surface area (Å²) in [6.45, 7) is 6.50. The highest BCUT2D eigenvalue weighted by Gasteiger charge is 2.45. The van der Waals surface area contributed by atoms with E-state index >= 15 is 0 Å². The largest absolute Gasteiger partial charge is 0.469 e. The molecule has 188 valence electrons. The number of methoxy groups -OCH3 is 1. The maximum atomic E-state index is 13.1. The molecule has 10 heteroatoms. The number of benzene rings is 1. The molecule has 2 aliphatic rings. The van der Waals surface area contributed by atoms with Gasteiger partial charge in [-0.2, -0.15) is 13.2 Å². The van der Waals surface area contributed by atoms with Gasteiger partial charge in [0.1, 0.15) is 6.04 Å². The van der Waals surface area contributed by atoms with E-state index in [1.165, 1.54) is 13.2 Å². The van der Waals surface area contributed by atoms with Crippen LogP contribution >= 0.6 is 0 Å². The Morgan fingerprint density at radius 3 is 2.44 bits per heavy atom. The molecule has 3 rings (SSSR count). The van der Waals surface area contributed by atoms with Gasteiger partial charge in [-0.1, -0.05) is 6.07 Å². The summed E-state index contributed by atoms with van der Waals surface area (Å²) in [5.74, 6) is -1.95. The lowest BCUT2D eigenvalue weighted by atomic mass is 9.80. The first kappa shape index (κ1) is 26.0. The van der Waals surface area contributed by atoms with Gasteiger partial charge >= 0.3 is 12.1 Å². The summed E-state index contributed by atoms with van der Waals surface area (Å²) in [5.41, 5.74) is -1.22. The van der Waals surface area contributed by atoms with E-state index in [4.69, 9.17) is 4.74 Å². The molecule has 7 nitrogen and oxygen atoms in total. The lowest BCUT2D eigenvalue weighted by molar-refractivity contribution is -0.151. The number of amides is 2. The van der Waals surface area contributed by atoms with Crippen molar-refractivity contribution < 1.29 is 32.3 Å². The van der Waals surface area contributed by atoms with Gasteiger partial charge in [-0.15, -0.1) is 0 Å². The molecule has 1 saturated carbocycles. The first-order valence-corrected chi connectivity index (χ1v) is 11.4. The molecule has 2 amide bonds. The van der Waals surface area contributed by atoms with Gasteiger partial charge < -0.3 is 20.3 Å². The number of ether oxygens (including phenoxy) is 1. The highest BCUT2D eigenvalue weighted by atomic mass is 19.4. The van der Waals surface area contributed by atoms with E-state index < -0.39 is 29.6 Å². The third kappa shape index (κ3) is 6.08. The summed E-state index contributed by atoms with van der Waals surface area (Å²) in [6, 6.07) is 2.98. The number of likely N-dealkylation sites (tertiary alicyclic amines) is 1. The van der Waals surface area contributed by atoms with E-state index in [1.807, 2.05) is 20.8 Å². The number of hydrogen-bond donors (Lipinski definition) is 2. The normalized spacial score (nSPS) is 25.9. The van der Waals surface area contributed by atoms with Crippen LogP contribution in [0.25, 0.3) is 0 Å². The number of carbonyl (C=O) groups excluding carboxylic acids is 3. The van der Waals surface area contributed by atoms with Crippen molar-refractivity contribution in [1.29, 1.82) is 0 Å². The van der Waals surface area contributed by atoms with Crippen molar-refractivity contribution in [1.82, 2.24) is 15.5 Å². The fourth-order valence-electron chi connectivity index (χ4n) is 4.92. The minimum Gasteiger partial charge on any atom is -0.469 e.